The van der Waals surface area contributed by atoms with E-state index in [1.807, 2.05) is 0 Å². The van der Waals surface area contributed by atoms with E-state index in [4.69, 9.17) is 16.3 Å². The maximum Gasteiger partial charge on any atom is 0.341 e. The summed E-state index contributed by atoms with van der Waals surface area (Å²) in [4.78, 5) is 15.8. The second-order valence-electron chi connectivity index (χ2n) is 4.78. The number of rotatable bonds is 3. The summed E-state index contributed by atoms with van der Waals surface area (Å²) < 4.78 is 6.33. The van der Waals surface area contributed by atoms with Gasteiger partial charge < -0.3 is 9.84 Å². The van der Waals surface area contributed by atoms with Gasteiger partial charge in [0.1, 0.15) is 11.3 Å². The molecule has 0 unspecified atom stereocenters. The van der Waals surface area contributed by atoms with E-state index in [0.29, 0.717) is 15.2 Å². The maximum absolute atomic E-state index is 11.4. The molecule has 108 valence electrons. The molecule has 1 aliphatic rings. The third-order valence-electron chi connectivity index (χ3n) is 3.35. The first kappa shape index (κ1) is 14.4. The summed E-state index contributed by atoms with van der Waals surface area (Å²) in [5.74, 6) is -0.448. The van der Waals surface area contributed by atoms with E-state index in [2.05, 4.69) is 20.9 Å². The fourth-order valence-corrected chi connectivity index (χ4v) is 3.11. The summed E-state index contributed by atoms with van der Waals surface area (Å²) in [6, 6.07) is 6.70. The highest BCUT2D eigenvalue weighted by Gasteiger charge is 2.21. The molecule has 0 amide bonds. The molecular formula is C15H11BrClNO3. The van der Waals surface area contributed by atoms with E-state index >= 15 is 0 Å². The zero-order valence-corrected chi connectivity index (χ0v) is 13.2. The van der Waals surface area contributed by atoms with Gasteiger partial charge in [-0.15, -0.1) is 0 Å². The van der Waals surface area contributed by atoms with Gasteiger partial charge in [-0.1, -0.05) is 11.6 Å². The number of ether oxygens (including phenoxy) is 1. The molecule has 1 aromatic carbocycles. The van der Waals surface area contributed by atoms with Crippen molar-refractivity contribution in [3.8, 4) is 11.6 Å². The molecule has 0 fully saturated rings. The number of aryl methyl sites for hydroxylation is 2. The van der Waals surface area contributed by atoms with Crippen molar-refractivity contribution in [1.82, 2.24) is 4.98 Å². The van der Waals surface area contributed by atoms with Crippen LogP contribution in [0.2, 0.25) is 5.02 Å². The molecule has 1 aliphatic carbocycles. The number of halogens is 2. The lowest BCUT2D eigenvalue weighted by Crippen LogP contribution is -2.05. The van der Waals surface area contributed by atoms with Gasteiger partial charge in [0.15, 0.2) is 0 Å². The van der Waals surface area contributed by atoms with E-state index in [1.54, 1.807) is 24.3 Å². The van der Waals surface area contributed by atoms with Gasteiger partial charge in [0, 0.05) is 10.7 Å². The van der Waals surface area contributed by atoms with Gasteiger partial charge in [-0.3, -0.25) is 0 Å². The molecule has 0 saturated heterocycles. The van der Waals surface area contributed by atoms with Crippen molar-refractivity contribution < 1.29 is 14.6 Å². The van der Waals surface area contributed by atoms with Crippen LogP contribution >= 0.6 is 27.5 Å². The zero-order chi connectivity index (χ0) is 15.0. The van der Waals surface area contributed by atoms with Crippen LogP contribution in [0.25, 0.3) is 0 Å². The lowest BCUT2D eigenvalue weighted by atomic mass is 10.1. The Hall–Kier alpha value is -1.59. The lowest BCUT2D eigenvalue weighted by Gasteiger charge is -2.11. The Morgan fingerprint density at radius 1 is 1.33 bits per heavy atom. The Kier molecular flexibility index (Phi) is 3.87. The average molecular weight is 369 g/mol. The molecule has 1 N–H and O–H groups in total. The summed E-state index contributed by atoms with van der Waals surface area (Å²) in [5, 5.41) is 9.90. The number of aromatic nitrogens is 1. The molecule has 0 aliphatic heterocycles. The Morgan fingerprint density at radius 3 is 2.86 bits per heavy atom. The van der Waals surface area contributed by atoms with Gasteiger partial charge in [-0.25, -0.2) is 9.78 Å². The van der Waals surface area contributed by atoms with Crippen molar-refractivity contribution in [3.05, 3.63) is 50.6 Å². The number of hydrogen-bond acceptors (Lipinski definition) is 3. The minimum absolute atomic E-state index is 0.0810. The van der Waals surface area contributed by atoms with Crippen LogP contribution in [0.3, 0.4) is 0 Å². The topological polar surface area (TPSA) is 59.4 Å². The summed E-state index contributed by atoms with van der Waals surface area (Å²) in [6.45, 7) is 0. The van der Waals surface area contributed by atoms with Gasteiger partial charge in [-0.05, 0) is 65.0 Å². The Bertz CT molecular complexity index is 733. The van der Waals surface area contributed by atoms with Crippen LogP contribution in [-0.4, -0.2) is 16.1 Å². The standard InChI is InChI=1S/C15H11BrClNO3/c16-11-7-9(17)4-5-13(11)21-14-10(15(19)20)6-8-2-1-3-12(8)18-14/h4-7H,1-3H2,(H,19,20). The number of carbonyl (C=O) groups is 1. The second-order valence-corrected chi connectivity index (χ2v) is 6.07. The van der Waals surface area contributed by atoms with Crippen molar-refractivity contribution in [1.29, 1.82) is 0 Å². The first-order valence-electron chi connectivity index (χ1n) is 6.43. The van der Waals surface area contributed by atoms with Crippen LogP contribution in [0.1, 0.15) is 28.0 Å². The first-order chi connectivity index (χ1) is 10.0. The third-order valence-corrected chi connectivity index (χ3v) is 4.20. The molecule has 2 aromatic rings. The van der Waals surface area contributed by atoms with Gasteiger partial charge in [0.25, 0.3) is 0 Å². The molecule has 1 aromatic heterocycles. The predicted molar refractivity (Wildman–Crippen MR) is 82.4 cm³/mol. The monoisotopic (exact) mass is 367 g/mol. The minimum atomic E-state index is -1.04. The normalized spacial score (nSPS) is 13.0. The first-order valence-corrected chi connectivity index (χ1v) is 7.60. The highest BCUT2D eigenvalue weighted by atomic mass is 79.9. The number of pyridine rings is 1. The third kappa shape index (κ3) is 2.89. The fourth-order valence-electron chi connectivity index (χ4n) is 2.35. The molecule has 3 rings (SSSR count). The number of carboxylic acids is 1. The molecule has 0 spiro atoms. The molecule has 1 heterocycles. The van der Waals surface area contributed by atoms with E-state index < -0.39 is 5.97 Å². The summed E-state index contributed by atoms with van der Waals surface area (Å²) in [6.07, 6.45) is 2.72. The molecule has 0 atom stereocenters. The second kappa shape index (κ2) is 5.66. The number of hydrogen-bond donors (Lipinski definition) is 1. The van der Waals surface area contributed by atoms with Gasteiger partial charge >= 0.3 is 5.97 Å². The van der Waals surface area contributed by atoms with Gasteiger partial charge in [0.05, 0.1) is 4.47 Å². The van der Waals surface area contributed by atoms with E-state index in [1.165, 1.54) is 0 Å². The Morgan fingerprint density at radius 2 is 2.14 bits per heavy atom. The van der Waals surface area contributed by atoms with E-state index in [9.17, 15) is 9.90 Å². The van der Waals surface area contributed by atoms with Crippen LogP contribution in [0.5, 0.6) is 11.6 Å². The summed E-state index contributed by atoms with van der Waals surface area (Å²) in [5.41, 5.74) is 1.99. The Balaban J connectivity index is 2.03. The predicted octanol–water partition coefficient (Wildman–Crippen LogP) is 4.48. The highest BCUT2D eigenvalue weighted by Crippen LogP contribution is 2.34. The van der Waals surface area contributed by atoms with Crippen LogP contribution in [0, 0.1) is 0 Å². The van der Waals surface area contributed by atoms with Crippen molar-refractivity contribution in [3.63, 3.8) is 0 Å². The van der Waals surface area contributed by atoms with E-state index in [0.717, 1.165) is 30.5 Å². The molecule has 6 heteroatoms. The van der Waals surface area contributed by atoms with Crippen LogP contribution in [0.4, 0.5) is 0 Å². The molecular weight excluding hydrogens is 358 g/mol. The minimum Gasteiger partial charge on any atom is -0.477 e. The summed E-state index contributed by atoms with van der Waals surface area (Å²) in [7, 11) is 0. The smallest absolute Gasteiger partial charge is 0.341 e. The van der Waals surface area contributed by atoms with Crippen molar-refractivity contribution >= 4 is 33.5 Å². The molecule has 0 bridgehead atoms. The van der Waals surface area contributed by atoms with Crippen molar-refractivity contribution in [2.24, 2.45) is 0 Å². The maximum atomic E-state index is 11.4. The molecule has 0 saturated carbocycles. The van der Waals surface area contributed by atoms with Crippen LogP contribution in [-0.2, 0) is 12.8 Å². The Labute approximate surface area is 134 Å². The van der Waals surface area contributed by atoms with E-state index in [-0.39, 0.29) is 11.4 Å². The van der Waals surface area contributed by atoms with Gasteiger partial charge in [0.2, 0.25) is 5.88 Å². The number of fused-ring (bicyclic) bond motifs is 1. The lowest BCUT2D eigenvalue weighted by molar-refractivity contribution is 0.0693. The largest absolute Gasteiger partial charge is 0.477 e. The van der Waals surface area contributed by atoms with Crippen LogP contribution < -0.4 is 4.74 Å². The average Bonchev–Trinajstić information content (AvgIpc) is 2.88. The fraction of sp³-hybridized carbons (Fsp3) is 0.200. The highest BCUT2D eigenvalue weighted by molar-refractivity contribution is 9.10. The zero-order valence-electron chi connectivity index (χ0n) is 10.9. The van der Waals surface area contributed by atoms with Gasteiger partial charge in [-0.2, -0.15) is 0 Å². The molecule has 4 nitrogen and oxygen atoms in total. The number of nitrogens with zero attached hydrogens (tertiary/aromatic N) is 1. The molecule has 0 radical (unpaired) electrons. The number of carboxylic acid groups (broad SMARTS) is 1. The van der Waals surface area contributed by atoms with Crippen molar-refractivity contribution in [2.75, 3.05) is 0 Å². The quantitative estimate of drug-likeness (QED) is 0.868. The SMILES string of the molecule is O=C(O)c1cc2c(nc1Oc1ccc(Cl)cc1Br)CCC2. The number of aromatic carboxylic acids is 1. The number of benzene rings is 1. The summed E-state index contributed by atoms with van der Waals surface area (Å²) >= 11 is 9.23. The van der Waals surface area contributed by atoms with Crippen molar-refractivity contribution in [2.45, 2.75) is 19.3 Å². The molecule has 21 heavy (non-hydrogen) atoms. The van der Waals surface area contributed by atoms with Crippen LogP contribution in [0.15, 0.2) is 28.7 Å².